The van der Waals surface area contributed by atoms with Crippen molar-refractivity contribution < 1.29 is 9.59 Å². The number of amides is 2. The Morgan fingerprint density at radius 2 is 1.85 bits per heavy atom. The summed E-state index contributed by atoms with van der Waals surface area (Å²) >= 11 is 0. The Bertz CT molecular complexity index is 534. The van der Waals surface area contributed by atoms with E-state index in [1.165, 1.54) is 5.56 Å². The molecule has 4 nitrogen and oxygen atoms in total. The van der Waals surface area contributed by atoms with Crippen molar-refractivity contribution in [2.75, 3.05) is 0 Å². The first-order chi connectivity index (χ1) is 9.56. The van der Waals surface area contributed by atoms with E-state index in [2.05, 4.69) is 5.32 Å². The summed E-state index contributed by atoms with van der Waals surface area (Å²) in [5, 5.41) is 2.80. The van der Waals surface area contributed by atoms with Crippen LogP contribution in [0.15, 0.2) is 24.3 Å². The van der Waals surface area contributed by atoms with Crippen LogP contribution in [0.2, 0.25) is 0 Å². The van der Waals surface area contributed by atoms with E-state index in [1.807, 2.05) is 31.2 Å². The third-order valence-electron chi connectivity index (χ3n) is 4.16. The molecule has 2 unspecified atom stereocenters. The summed E-state index contributed by atoms with van der Waals surface area (Å²) < 4.78 is 0. The lowest BCUT2D eigenvalue weighted by Crippen LogP contribution is -2.62. The molecule has 2 fully saturated rings. The van der Waals surface area contributed by atoms with Gasteiger partial charge in [0.05, 0.1) is 0 Å². The van der Waals surface area contributed by atoms with Crippen LogP contribution in [-0.2, 0) is 16.1 Å². The largest absolute Gasteiger partial charge is 0.343 e. The van der Waals surface area contributed by atoms with E-state index in [0.29, 0.717) is 12.5 Å². The number of hydrogen-bond donors (Lipinski definition) is 1. The Morgan fingerprint density at radius 3 is 2.45 bits per heavy atom. The summed E-state index contributed by atoms with van der Waals surface area (Å²) in [6.45, 7) is 4.32. The van der Waals surface area contributed by atoms with Gasteiger partial charge in [-0.1, -0.05) is 29.8 Å². The summed E-state index contributed by atoms with van der Waals surface area (Å²) in [5.74, 6) is 0.380. The molecule has 4 heteroatoms. The van der Waals surface area contributed by atoms with Crippen molar-refractivity contribution in [3.8, 4) is 0 Å². The molecule has 1 saturated carbocycles. The van der Waals surface area contributed by atoms with Crippen molar-refractivity contribution in [1.82, 2.24) is 10.2 Å². The molecule has 1 aromatic rings. The van der Waals surface area contributed by atoms with Gasteiger partial charge in [-0.3, -0.25) is 9.59 Å². The Hall–Kier alpha value is -1.84. The molecule has 1 aromatic carbocycles. The average molecular weight is 272 g/mol. The minimum atomic E-state index is -0.414. The molecule has 1 heterocycles. The van der Waals surface area contributed by atoms with Crippen LogP contribution in [0.1, 0.15) is 30.9 Å². The molecule has 0 bridgehead atoms. The van der Waals surface area contributed by atoms with Crippen LogP contribution in [0.4, 0.5) is 0 Å². The standard InChI is InChI=1S/C16H20N2O2/c1-10-3-5-12(6-4-10)9-18-14(13-7-8-13)15(19)17-11(2)16(18)20/h3-6,11,13-14H,7-9H2,1-2H3,(H,17,19). The van der Waals surface area contributed by atoms with Crippen LogP contribution in [-0.4, -0.2) is 28.8 Å². The number of carbonyl (C=O) groups is 2. The molecule has 2 atom stereocenters. The van der Waals surface area contributed by atoms with Crippen molar-refractivity contribution in [3.05, 3.63) is 35.4 Å². The summed E-state index contributed by atoms with van der Waals surface area (Å²) in [7, 11) is 0. The van der Waals surface area contributed by atoms with Crippen LogP contribution >= 0.6 is 0 Å². The lowest BCUT2D eigenvalue weighted by molar-refractivity contribution is -0.150. The van der Waals surface area contributed by atoms with Crippen molar-refractivity contribution >= 4 is 11.8 Å². The Morgan fingerprint density at radius 1 is 1.20 bits per heavy atom. The minimum Gasteiger partial charge on any atom is -0.343 e. The lowest BCUT2D eigenvalue weighted by Gasteiger charge is -2.38. The molecule has 2 aliphatic rings. The number of benzene rings is 1. The second-order valence-corrected chi connectivity index (χ2v) is 5.96. The van der Waals surface area contributed by atoms with E-state index in [-0.39, 0.29) is 17.9 Å². The highest BCUT2D eigenvalue weighted by atomic mass is 16.2. The molecule has 2 amide bonds. The molecule has 106 valence electrons. The first kappa shape index (κ1) is 13.2. The number of carbonyl (C=O) groups excluding carboxylic acids is 2. The van der Waals surface area contributed by atoms with Gasteiger partial charge in [0.25, 0.3) is 0 Å². The zero-order chi connectivity index (χ0) is 14.3. The van der Waals surface area contributed by atoms with Crippen molar-refractivity contribution in [3.63, 3.8) is 0 Å². The topological polar surface area (TPSA) is 49.4 Å². The number of nitrogens with one attached hydrogen (secondary N) is 1. The predicted octanol–water partition coefficient (Wildman–Crippen LogP) is 1.62. The molecule has 1 saturated heterocycles. The van der Waals surface area contributed by atoms with Gasteiger partial charge in [-0.05, 0) is 38.2 Å². The molecule has 0 spiro atoms. The van der Waals surface area contributed by atoms with Crippen LogP contribution in [0.5, 0.6) is 0 Å². The molecule has 1 aliphatic heterocycles. The first-order valence-corrected chi connectivity index (χ1v) is 7.22. The van der Waals surface area contributed by atoms with E-state index in [1.54, 1.807) is 11.8 Å². The van der Waals surface area contributed by atoms with Gasteiger partial charge in [-0.15, -0.1) is 0 Å². The molecule has 0 radical (unpaired) electrons. The summed E-state index contributed by atoms with van der Waals surface area (Å²) in [6, 6.07) is 7.45. The fraction of sp³-hybridized carbons (Fsp3) is 0.500. The molecular weight excluding hydrogens is 252 g/mol. The maximum atomic E-state index is 12.4. The summed E-state index contributed by atoms with van der Waals surface area (Å²) in [6.07, 6.45) is 2.09. The predicted molar refractivity (Wildman–Crippen MR) is 75.8 cm³/mol. The van der Waals surface area contributed by atoms with Gasteiger partial charge >= 0.3 is 0 Å². The van der Waals surface area contributed by atoms with Crippen molar-refractivity contribution in [2.24, 2.45) is 5.92 Å². The van der Waals surface area contributed by atoms with Gasteiger partial charge in [0.2, 0.25) is 11.8 Å². The fourth-order valence-corrected chi connectivity index (χ4v) is 2.83. The van der Waals surface area contributed by atoms with Gasteiger partial charge in [0.15, 0.2) is 0 Å². The Kier molecular flexibility index (Phi) is 3.24. The number of hydrogen-bond acceptors (Lipinski definition) is 2. The fourth-order valence-electron chi connectivity index (χ4n) is 2.83. The van der Waals surface area contributed by atoms with Crippen LogP contribution in [0.25, 0.3) is 0 Å². The first-order valence-electron chi connectivity index (χ1n) is 7.22. The maximum Gasteiger partial charge on any atom is 0.245 e. The Balaban J connectivity index is 1.84. The molecule has 1 N–H and O–H groups in total. The zero-order valence-corrected chi connectivity index (χ0v) is 11.9. The molecular formula is C16H20N2O2. The summed E-state index contributed by atoms with van der Waals surface area (Å²) in [4.78, 5) is 26.3. The molecule has 0 aromatic heterocycles. The minimum absolute atomic E-state index is 0.00621. The van der Waals surface area contributed by atoms with E-state index in [9.17, 15) is 9.59 Å². The van der Waals surface area contributed by atoms with Crippen LogP contribution < -0.4 is 5.32 Å². The van der Waals surface area contributed by atoms with Crippen LogP contribution in [0.3, 0.4) is 0 Å². The van der Waals surface area contributed by atoms with E-state index in [4.69, 9.17) is 0 Å². The second kappa shape index (κ2) is 4.93. The highest BCUT2D eigenvalue weighted by Gasteiger charge is 2.46. The quantitative estimate of drug-likeness (QED) is 0.909. The Labute approximate surface area is 119 Å². The van der Waals surface area contributed by atoms with E-state index >= 15 is 0 Å². The van der Waals surface area contributed by atoms with E-state index < -0.39 is 6.04 Å². The maximum absolute atomic E-state index is 12.4. The average Bonchev–Trinajstić information content (AvgIpc) is 3.22. The smallest absolute Gasteiger partial charge is 0.245 e. The lowest BCUT2D eigenvalue weighted by atomic mass is 10.0. The molecule has 1 aliphatic carbocycles. The third-order valence-corrected chi connectivity index (χ3v) is 4.16. The highest BCUT2D eigenvalue weighted by molar-refractivity contribution is 5.97. The van der Waals surface area contributed by atoms with Gasteiger partial charge < -0.3 is 10.2 Å². The van der Waals surface area contributed by atoms with E-state index in [0.717, 1.165) is 18.4 Å². The monoisotopic (exact) mass is 272 g/mol. The number of rotatable bonds is 3. The SMILES string of the molecule is Cc1ccc(CN2C(=O)C(C)NC(=O)C2C2CC2)cc1. The third kappa shape index (κ3) is 2.42. The van der Waals surface area contributed by atoms with Gasteiger partial charge in [-0.25, -0.2) is 0 Å². The second-order valence-electron chi connectivity index (χ2n) is 5.96. The highest BCUT2D eigenvalue weighted by Crippen LogP contribution is 2.37. The van der Waals surface area contributed by atoms with Gasteiger partial charge in [-0.2, -0.15) is 0 Å². The number of aryl methyl sites for hydroxylation is 1. The number of nitrogens with zero attached hydrogens (tertiary/aromatic N) is 1. The summed E-state index contributed by atoms with van der Waals surface area (Å²) in [5.41, 5.74) is 2.28. The molecule has 3 rings (SSSR count). The van der Waals surface area contributed by atoms with Gasteiger partial charge in [0, 0.05) is 6.54 Å². The zero-order valence-electron chi connectivity index (χ0n) is 11.9. The van der Waals surface area contributed by atoms with Crippen LogP contribution in [0, 0.1) is 12.8 Å². The van der Waals surface area contributed by atoms with Gasteiger partial charge in [0.1, 0.15) is 12.1 Å². The molecule has 20 heavy (non-hydrogen) atoms. The number of piperazine rings is 1. The van der Waals surface area contributed by atoms with Crippen molar-refractivity contribution in [1.29, 1.82) is 0 Å². The normalized spacial score (nSPS) is 26.6. The van der Waals surface area contributed by atoms with Crippen molar-refractivity contribution in [2.45, 2.75) is 45.3 Å².